The average molecular weight is 430 g/mol. The summed E-state index contributed by atoms with van der Waals surface area (Å²) in [5, 5.41) is 3.40. The van der Waals surface area contributed by atoms with Gasteiger partial charge in [0.15, 0.2) is 5.65 Å². The fraction of sp³-hybridized carbons (Fsp3) is 0.333. The molecule has 1 aromatic carbocycles. The Hall–Kier alpha value is -3.68. The number of pyridine rings is 1. The van der Waals surface area contributed by atoms with E-state index in [0.29, 0.717) is 13.2 Å². The van der Waals surface area contributed by atoms with Crippen molar-refractivity contribution >= 4 is 22.8 Å². The van der Waals surface area contributed by atoms with Crippen molar-refractivity contribution in [2.24, 2.45) is 0 Å². The third kappa shape index (κ3) is 3.84. The fourth-order valence-corrected chi connectivity index (χ4v) is 4.11. The van der Waals surface area contributed by atoms with E-state index in [9.17, 15) is 0 Å². The minimum atomic E-state index is 0.606. The molecule has 3 aromatic heterocycles. The van der Waals surface area contributed by atoms with Gasteiger partial charge in [-0.2, -0.15) is 0 Å². The van der Waals surface area contributed by atoms with Gasteiger partial charge in [0.1, 0.15) is 36.1 Å². The van der Waals surface area contributed by atoms with E-state index in [4.69, 9.17) is 4.74 Å². The molecule has 4 aromatic rings. The lowest BCUT2D eigenvalue weighted by Gasteiger charge is -2.23. The maximum absolute atomic E-state index is 6.07. The van der Waals surface area contributed by atoms with Crippen LogP contribution in [0.5, 0.6) is 5.75 Å². The van der Waals surface area contributed by atoms with Crippen LogP contribution in [0.3, 0.4) is 0 Å². The third-order valence-electron chi connectivity index (χ3n) is 5.73. The Balaban J connectivity index is 1.47. The van der Waals surface area contributed by atoms with Gasteiger partial charge in [-0.3, -0.25) is 0 Å². The summed E-state index contributed by atoms with van der Waals surface area (Å²) in [6.07, 6.45) is 4.56. The number of aryl methyl sites for hydroxylation is 1. The average Bonchev–Trinajstić information content (AvgIpc) is 3.04. The lowest BCUT2D eigenvalue weighted by Crippen LogP contribution is -2.27. The first kappa shape index (κ1) is 20.2. The summed E-state index contributed by atoms with van der Waals surface area (Å²) in [5.74, 6) is 3.61. The molecule has 0 saturated carbocycles. The molecule has 4 heterocycles. The quantitative estimate of drug-likeness (QED) is 0.490. The van der Waals surface area contributed by atoms with Crippen LogP contribution >= 0.6 is 0 Å². The van der Waals surface area contributed by atoms with Gasteiger partial charge in [-0.15, -0.1) is 0 Å². The zero-order valence-corrected chi connectivity index (χ0v) is 18.6. The van der Waals surface area contributed by atoms with E-state index in [-0.39, 0.29) is 0 Å². The van der Waals surface area contributed by atoms with Crippen LogP contribution in [0.4, 0.5) is 11.6 Å². The van der Waals surface area contributed by atoms with Crippen molar-refractivity contribution in [1.29, 1.82) is 0 Å². The predicted octanol–water partition coefficient (Wildman–Crippen LogP) is 4.25. The van der Waals surface area contributed by atoms with Crippen LogP contribution in [-0.4, -0.2) is 44.6 Å². The smallest absolute Gasteiger partial charge is 0.177 e. The summed E-state index contributed by atoms with van der Waals surface area (Å²) < 4.78 is 6.07. The molecule has 0 fully saturated rings. The van der Waals surface area contributed by atoms with Crippen molar-refractivity contribution in [2.75, 3.05) is 29.9 Å². The Morgan fingerprint density at radius 2 is 2.03 bits per heavy atom. The Labute approximate surface area is 187 Å². The zero-order valence-electron chi connectivity index (χ0n) is 18.6. The first-order chi connectivity index (χ1) is 15.6. The van der Waals surface area contributed by atoms with Crippen molar-refractivity contribution in [2.45, 2.75) is 33.7 Å². The largest absolute Gasteiger partial charge is 0.491 e. The molecular formula is C24H27N7O. The number of nitrogens with zero attached hydrogens (tertiary/aromatic N) is 5. The maximum atomic E-state index is 6.07. The Morgan fingerprint density at radius 1 is 1.12 bits per heavy atom. The highest BCUT2D eigenvalue weighted by atomic mass is 16.5. The summed E-state index contributed by atoms with van der Waals surface area (Å²) in [4.78, 5) is 23.5. The van der Waals surface area contributed by atoms with Gasteiger partial charge in [-0.05, 0) is 44.0 Å². The fourth-order valence-electron chi connectivity index (χ4n) is 4.11. The molecule has 8 nitrogen and oxygen atoms in total. The van der Waals surface area contributed by atoms with E-state index in [1.165, 1.54) is 0 Å². The van der Waals surface area contributed by atoms with Gasteiger partial charge < -0.3 is 19.9 Å². The lowest BCUT2D eigenvalue weighted by atomic mass is 10.0. The third-order valence-corrected chi connectivity index (χ3v) is 5.73. The van der Waals surface area contributed by atoms with Crippen LogP contribution in [0.1, 0.15) is 30.3 Å². The predicted molar refractivity (Wildman–Crippen MR) is 126 cm³/mol. The van der Waals surface area contributed by atoms with Crippen molar-refractivity contribution < 1.29 is 4.74 Å². The van der Waals surface area contributed by atoms with E-state index in [0.717, 1.165) is 76.1 Å². The van der Waals surface area contributed by atoms with E-state index >= 15 is 0 Å². The number of anilines is 2. The maximum Gasteiger partial charge on any atom is 0.177 e. The van der Waals surface area contributed by atoms with E-state index in [1.54, 1.807) is 6.33 Å². The number of hydrogen-bond acceptors (Lipinski definition) is 7. The second-order valence-electron chi connectivity index (χ2n) is 8.11. The van der Waals surface area contributed by atoms with Crippen LogP contribution in [0, 0.1) is 13.8 Å². The van der Waals surface area contributed by atoms with Gasteiger partial charge in [0, 0.05) is 36.0 Å². The van der Waals surface area contributed by atoms with Crippen LogP contribution in [-0.2, 0) is 6.54 Å². The number of nitrogens with one attached hydrogen (secondary N) is 2. The molecule has 164 valence electrons. The highest BCUT2D eigenvalue weighted by Crippen LogP contribution is 2.32. The molecule has 2 N–H and O–H groups in total. The second-order valence-corrected chi connectivity index (χ2v) is 8.11. The van der Waals surface area contributed by atoms with Crippen LogP contribution in [0.2, 0.25) is 0 Å². The minimum absolute atomic E-state index is 0.606. The van der Waals surface area contributed by atoms with Gasteiger partial charge in [0.25, 0.3) is 0 Å². The second kappa shape index (κ2) is 8.45. The Kier molecular flexibility index (Phi) is 5.34. The van der Waals surface area contributed by atoms with Gasteiger partial charge in [-0.1, -0.05) is 13.0 Å². The number of ether oxygens (including phenoxy) is 1. The molecule has 1 aliphatic rings. The molecule has 0 unspecified atom stereocenters. The molecule has 32 heavy (non-hydrogen) atoms. The molecule has 0 amide bonds. The van der Waals surface area contributed by atoms with Gasteiger partial charge >= 0.3 is 0 Å². The van der Waals surface area contributed by atoms with Crippen molar-refractivity contribution in [3.05, 3.63) is 53.7 Å². The van der Waals surface area contributed by atoms with Crippen LogP contribution in [0.25, 0.3) is 22.3 Å². The van der Waals surface area contributed by atoms with E-state index in [1.807, 2.05) is 13.1 Å². The molecular weight excluding hydrogens is 402 g/mol. The number of benzene rings is 1. The first-order valence-electron chi connectivity index (χ1n) is 11.0. The number of aromatic nitrogens is 5. The summed E-state index contributed by atoms with van der Waals surface area (Å²) in [7, 11) is 0. The Morgan fingerprint density at radius 3 is 2.91 bits per heavy atom. The van der Waals surface area contributed by atoms with Crippen molar-refractivity contribution in [3.63, 3.8) is 0 Å². The summed E-state index contributed by atoms with van der Waals surface area (Å²) in [6, 6.07) is 8.42. The van der Waals surface area contributed by atoms with Gasteiger partial charge in [0.05, 0.1) is 12.1 Å². The molecule has 1 aliphatic heterocycles. The molecule has 5 rings (SSSR count). The molecule has 8 heteroatoms. The number of rotatable bonds is 5. The monoisotopic (exact) mass is 429 g/mol. The van der Waals surface area contributed by atoms with Gasteiger partial charge in [0.2, 0.25) is 0 Å². The lowest BCUT2D eigenvalue weighted by molar-refractivity contribution is 0.331. The standard InChI is InChI=1S/C24H27N7O/c1-4-7-25-22-15(2)24(28-14-27-22)31-8-9-32-21-6-5-17(10-19(21)13-31)18-11-20-23(26-12-18)30-16(3)29-20/h5-6,10-12,14H,4,7-9,13H2,1-3H3,(H,25,27,28)(H,26,29,30). The number of aromatic amines is 1. The molecule has 0 spiro atoms. The van der Waals surface area contributed by atoms with Crippen molar-refractivity contribution in [3.8, 4) is 16.9 Å². The molecule has 0 atom stereocenters. The number of hydrogen-bond donors (Lipinski definition) is 2. The SMILES string of the molecule is CCCNc1ncnc(N2CCOc3ccc(-c4cnc5nc(C)[nH]c5c4)cc3C2)c1C. The highest BCUT2D eigenvalue weighted by molar-refractivity contribution is 5.78. The van der Waals surface area contributed by atoms with E-state index < -0.39 is 0 Å². The zero-order chi connectivity index (χ0) is 22.1. The number of fused-ring (bicyclic) bond motifs is 2. The highest BCUT2D eigenvalue weighted by Gasteiger charge is 2.20. The molecule has 0 radical (unpaired) electrons. The normalized spacial score (nSPS) is 13.5. The minimum Gasteiger partial charge on any atom is -0.491 e. The number of H-pyrrole nitrogens is 1. The van der Waals surface area contributed by atoms with Crippen LogP contribution in [0.15, 0.2) is 36.8 Å². The first-order valence-corrected chi connectivity index (χ1v) is 11.0. The van der Waals surface area contributed by atoms with E-state index in [2.05, 4.69) is 73.2 Å². The number of imidazole rings is 1. The Bertz CT molecular complexity index is 1270. The molecule has 0 bridgehead atoms. The summed E-state index contributed by atoms with van der Waals surface area (Å²) >= 11 is 0. The molecule has 0 aliphatic carbocycles. The molecule has 0 saturated heterocycles. The van der Waals surface area contributed by atoms with Crippen molar-refractivity contribution in [1.82, 2.24) is 24.9 Å². The summed E-state index contributed by atoms with van der Waals surface area (Å²) in [6.45, 7) is 9.13. The van der Waals surface area contributed by atoms with Crippen LogP contribution < -0.4 is 15.0 Å². The topological polar surface area (TPSA) is 91.8 Å². The van der Waals surface area contributed by atoms with Gasteiger partial charge in [-0.25, -0.2) is 19.9 Å². The summed E-state index contributed by atoms with van der Waals surface area (Å²) in [5.41, 5.74) is 6.01.